The van der Waals surface area contributed by atoms with E-state index < -0.39 is 12.1 Å². The summed E-state index contributed by atoms with van der Waals surface area (Å²) >= 11 is 0. The summed E-state index contributed by atoms with van der Waals surface area (Å²) in [6.07, 6.45) is 3.51. The molecule has 7 nitrogen and oxygen atoms in total. The van der Waals surface area contributed by atoms with Crippen molar-refractivity contribution in [1.29, 1.82) is 0 Å². The lowest BCUT2D eigenvalue weighted by Crippen LogP contribution is -2.04. The summed E-state index contributed by atoms with van der Waals surface area (Å²) in [6, 6.07) is 48.6. The van der Waals surface area contributed by atoms with Gasteiger partial charge in [0.2, 0.25) is 0 Å². The van der Waals surface area contributed by atoms with Crippen molar-refractivity contribution in [3.63, 3.8) is 0 Å². The van der Waals surface area contributed by atoms with Crippen molar-refractivity contribution in [3.05, 3.63) is 212 Å². The molecule has 14 aromatic rings. The van der Waals surface area contributed by atoms with Gasteiger partial charge in [0.15, 0.2) is 17.5 Å². The molecule has 0 amide bonds. The maximum atomic E-state index is 9.21. The van der Waals surface area contributed by atoms with E-state index in [0.29, 0.717) is 28.5 Å². The Bertz CT molecular complexity index is 4730. The second-order valence-corrected chi connectivity index (χ2v) is 16.4. The van der Waals surface area contributed by atoms with E-state index in [4.69, 9.17) is 30.6 Å². The molecule has 0 spiro atoms. The van der Waals surface area contributed by atoms with Crippen LogP contribution in [0.1, 0.15) is 9.60 Å². The Kier molecular flexibility index (Phi) is 6.75. The molecule has 0 radical (unpaired) electrons. The van der Waals surface area contributed by atoms with Crippen molar-refractivity contribution in [2.45, 2.75) is 0 Å². The van der Waals surface area contributed by atoms with Crippen molar-refractivity contribution in [2.75, 3.05) is 0 Å². The van der Waals surface area contributed by atoms with Crippen LogP contribution < -0.4 is 0 Å². The summed E-state index contributed by atoms with van der Waals surface area (Å²) in [7, 11) is 0. The van der Waals surface area contributed by atoms with Crippen molar-refractivity contribution in [3.8, 4) is 62.1 Å². The maximum Gasteiger partial charge on any atom is 0.166 e. The second kappa shape index (κ2) is 14.7. The lowest BCUT2D eigenvalue weighted by atomic mass is 9.98. The summed E-state index contributed by atoms with van der Waals surface area (Å²) in [4.78, 5) is 19.9. The Labute approximate surface area is 392 Å². The van der Waals surface area contributed by atoms with Gasteiger partial charge in [0.25, 0.3) is 0 Å². The molecule has 0 bridgehead atoms. The highest BCUT2D eigenvalue weighted by Crippen LogP contribution is 2.42. The fourth-order valence-corrected chi connectivity index (χ4v) is 9.62. The Morgan fingerprint density at radius 1 is 0.403 bits per heavy atom. The highest BCUT2D eigenvalue weighted by molar-refractivity contribution is 6.14. The largest absolute Gasteiger partial charge is 0.455 e. The first kappa shape index (κ1) is 30.8. The third-order valence-electron chi connectivity index (χ3n) is 12.7. The molecule has 312 valence electrons. The average molecular weight is 865 g/mol. The molecule has 0 aliphatic rings. The number of rotatable bonds is 6. The lowest BCUT2D eigenvalue weighted by Gasteiger charge is -2.15. The van der Waals surface area contributed by atoms with Gasteiger partial charge in [0.1, 0.15) is 22.3 Å². The molecule has 67 heavy (non-hydrogen) atoms. The predicted octanol–water partition coefficient (Wildman–Crippen LogP) is 15.7. The van der Waals surface area contributed by atoms with E-state index in [-0.39, 0.29) is 57.8 Å². The first-order valence-electron chi connectivity index (χ1n) is 25.3. The van der Waals surface area contributed by atoms with Crippen LogP contribution in [-0.2, 0) is 0 Å². The van der Waals surface area contributed by atoms with Crippen molar-refractivity contribution >= 4 is 76.5 Å². The summed E-state index contributed by atoms with van der Waals surface area (Å²) < 4.78 is 77.0. The molecule has 14 rings (SSSR count). The molecule has 0 saturated carbocycles. The Morgan fingerprint density at radius 3 is 1.91 bits per heavy atom. The van der Waals surface area contributed by atoms with Crippen molar-refractivity contribution in [1.82, 2.24) is 24.5 Å². The number of nitrogens with zero attached hydrogens (tertiary/aromatic N) is 5. The smallest absolute Gasteiger partial charge is 0.166 e. The Hall–Kier alpha value is -9.20. The summed E-state index contributed by atoms with van der Waals surface area (Å²) in [5.74, 6) is 0.968. The number of pyridine rings is 1. The minimum Gasteiger partial charge on any atom is -0.455 e. The van der Waals surface area contributed by atoms with E-state index in [9.17, 15) is 2.74 Å². The van der Waals surface area contributed by atoms with E-state index in [2.05, 4.69) is 47.4 Å². The van der Waals surface area contributed by atoms with Gasteiger partial charge in [0.05, 0.1) is 26.3 Å². The number of hydrogen-bond donors (Lipinski definition) is 0. The quantitative estimate of drug-likeness (QED) is 0.166. The number of furan rings is 2. The van der Waals surface area contributed by atoms with Crippen LogP contribution in [0.4, 0.5) is 0 Å². The third kappa shape index (κ3) is 5.85. The van der Waals surface area contributed by atoms with Crippen LogP contribution in [0.2, 0.25) is 0 Å². The van der Waals surface area contributed by atoms with Crippen LogP contribution in [0.3, 0.4) is 0 Å². The van der Waals surface area contributed by atoms with Crippen LogP contribution >= 0.6 is 0 Å². The zero-order valence-electron chi connectivity index (χ0n) is 42.2. The van der Waals surface area contributed by atoms with Gasteiger partial charge in [-0.15, -0.1) is 0 Å². The molecular formula is C60H35N5O2. The monoisotopic (exact) mass is 864 g/mol. The van der Waals surface area contributed by atoms with Crippen LogP contribution in [0.15, 0.2) is 221 Å². The average Bonchev–Trinajstić information content (AvgIpc) is 4.19. The van der Waals surface area contributed by atoms with Gasteiger partial charge in [0, 0.05) is 77.9 Å². The van der Waals surface area contributed by atoms with Gasteiger partial charge in [-0.05, 0) is 71.1 Å². The summed E-state index contributed by atoms with van der Waals surface area (Å²) in [6.45, 7) is 0. The first-order valence-corrected chi connectivity index (χ1v) is 21.8. The lowest BCUT2D eigenvalue weighted by molar-refractivity contribution is 0.669. The van der Waals surface area contributed by atoms with Gasteiger partial charge in [-0.25, -0.2) is 15.0 Å². The second-order valence-electron chi connectivity index (χ2n) is 16.4. The minimum atomic E-state index is -0.478. The van der Waals surface area contributed by atoms with Crippen LogP contribution in [0.25, 0.3) is 139 Å². The number of hydrogen-bond acceptors (Lipinski definition) is 6. The molecule has 5 aromatic heterocycles. The first-order chi connectivity index (χ1) is 36.1. The minimum absolute atomic E-state index is 0.0480. The topological polar surface area (TPSA) is 82.8 Å². The number of benzene rings is 9. The molecule has 0 unspecified atom stereocenters. The number of aromatic nitrogens is 5. The van der Waals surface area contributed by atoms with Gasteiger partial charge in [-0.2, -0.15) is 0 Å². The molecule has 0 aliphatic carbocycles. The standard InChI is InChI=1S/C60H35N5O2/c1-5-25-51-43(16-1)44-17-2-6-26-52(44)65(51)53-27-7-3-19-49(53)60-63-58(62-59(64-60)48-24-10-15-39-35-61-32-31-40(39)48)38-14-9-13-36(33-38)41-20-12-23-47-50-34-37(29-30-55(50)67-57(41)47)42-21-11-22-46-45-18-4-8-28-54(45)66-56(42)46/h1-35H/i1D,2D,5D,16D,17D,25D,26D. The Morgan fingerprint density at radius 2 is 1.03 bits per heavy atom. The molecule has 9 aromatic carbocycles. The number of para-hydroxylation sites is 6. The van der Waals surface area contributed by atoms with E-state index in [1.807, 2.05) is 97.1 Å². The zero-order valence-corrected chi connectivity index (χ0v) is 35.2. The summed E-state index contributed by atoms with van der Waals surface area (Å²) in [5, 5.41) is 5.94. The predicted molar refractivity (Wildman–Crippen MR) is 271 cm³/mol. The van der Waals surface area contributed by atoms with Gasteiger partial charge in [-0.3, -0.25) is 4.98 Å². The van der Waals surface area contributed by atoms with Crippen molar-refractivity contribution < 1.29 is 18.4 Å². The fourth-order valence-electron chi connectivity index (χ4n) is 9.62. The van der Waals surface area contributed by atoms with Gasteiger partial charge >= 0.3 is 0 Å². The summed E-state index contributed by atoms with van der Waals surface area (Å²) in [5.41, 5.74) is 9.37. The SMILES string of the molecule is [2H]c1cc([2H])c2c(c1[2H])c1c([2H])c([2H])c([2H])c([2H])c1n2-c1ccccc1-c1nc(-c2cccc(-c3cccc4c3oc3ccc(-c5cccc6c5oc5ccccc56)cc34)c2)nc(-c2cccc3cnccc23)n1. The van der Waals surface area contributed by atoms with E-state index >= 15 is 0 Å². The van der Waals surface area contributed by atoms with Crippen LogP contribution in [0.5, 0.6) is 0 Å². The van der Waals surface area contributed by atoms with Crippen LogP contribution in [-0.4, -0.2) is 24.5 Å². The molecule has 5 heterocycles. The van der Waals surface area contributed by atoms with Crippen molar-refractivity contribution in [2.24, 2.45) is 0 Å². The van der Waals surface area contributed by atoms with Gasteiger partial charge < -0.3 is 13.4 Å². The molecule has 0 saturated heterocycles. The molecule has 0 fully saturated rings. The normalized spacial score (nSPS) is 13.3. The molecule has 0 atom stereocenters. The highest BCUT2D eigenvalue weighted by atomic mass is 16.3. The van der Waals surface area contributed by atoms with E-state index in [1.165, 1.54) is 6.07 Å². The highest BCUT2D eigenvalue weighted by Gasteiger charge is 2.21. The fraction of sp³-hybridized carbons (Fsp3) is 0. The number of fused-ring (bicyclic) bond motifs is 10. The third-order valence-corrected chi connectivity index (χ3v) is 12.7. The molecule has 0 N–H and O–H groups in total. The molecule has 0 aliphatic heterocycles. The van der Waals surface area contributed by atoms with Crippen LogP contribution in [0, 0.1) is 0 Å². The van der Waals surface area contributed by atoms with E-state index in [0.717, 1.165) is 82.5 Å². The molecule has 7 heteroatoms. The Balaban J connectivity index is 0.957. The molecular weight excluding hydrogens is 823 g/mol. The van der Waals surface area contributed by atoms with E-state index in [1.54, 1.807) is 29.1 Å². The zero-order chi connectivity index (χ0) is 50.1. The van der Waals surface area contributed by atoms with Gasteiger partial charge in [-0.1, -0.05) is 145 Å². The maximum absolute atomic E-state index is 9.21.